The number of benzene rings is 2. The number of carbonyl (C=O) groups is 1. The van der Waals surface area contributed by atoms with Crippen molar-refractivity contribution in [3.05, 3.63) is 59.4 Å². The van der Waals surface area contributed by atoms with E-state index >= 15 is 0 Å². The molecule has 0 spiro atoms. The molecular weight excluding hydrogens is 247 g/mol. The molecule has 0 saturated heterocycles. The van der Waals surface area contributed by atoms with Gasteiger partial charge in [0.2, 0.25) is 0 Å². The number of hydrogen-bond donors (Lipinski definition) is 1. The van der Waals surface area contributed by atoms with Crippen molar-refractivity contribution in [3.8, 4) is 11.1 Å². The van der Waals surface area contributed by atoms with Crippen molar-refractivity contribution in [2.75, 3.05) is 7.11 Å². The van der Waals surface area contributed by atoms with Gasteiger partial charge in [-0.15, -0.1) is 0 Å². The molecule has 2 rings (SSSR count). The highest BCUT2D eigenvalue weighted by atomic mass is 19.1. The minimum Gasteiger partial charge on any atom is -0.465 e. The summed E-state index contributed by atoms with van der Waals surface area (Å²) in [6.45, 7) is -0.101. The lowest BCUT2D eigenvalue weighted by atomic mass is 10.0. The zero-order valence-corrected chi connectivity index (χ0v) is 10.4. The highest BCUT2D eigenvalue weighted by Gasteiger charge is 2.11. The standard InChI is InChI=1S/C15H13FO3/c1-19-15(18)12-5-6-13(14(16)8-12)11-4-2-3-10(7-11)9-17/h2-8,17H,9H2,1H3. The topological polar surface area (TPSA) is 46.5 Å². The monoisotopic (exact) mass is 260 g/mol. The largest absolute Gasteiger partial charge is 0.465 e. The summed E-state index contributed by atoms with van der Waals surface area (Å²) >= 11 is 0. The molecule has 0 aromatic heterocycles. The third-order valence-corrected chi connectivity index (χ3v) is 2.81. The van der Waals surface area contributed by atoms with Crippen LogP contribution in [0.2, 0.25) is 0 Å². The van der Waals surface area contributed by atoms with Gasteiger partial charge in [-0.05, 0) is 29.3 Å². The summed E-state index contributed by atoms with van der Waals surface area (Å²) in [5.41, 5.74) is 1.90. The van der Waals surface area contributed by atoms with Crippen LogP contribution < -0.4 is 0 Å². The Kier molecular flexibility index (Phi) is 3.92. The zero-order valence-electron chi connectivity index (χ0n) is 10.4. The fraction of sp³-hybridized carbons (Fsp3) is 0.133. The van der Waals surface area contributed by atoms with Crippen molar-refractivity contribution in [3.63, 3.8) is 0 Å². The van der Waals surface area contributed by atoms with E-state index in [1.54, 1.807) is 24.3 Å². The summed E-state index contributed by atoms with van der Waals surface area (Å²) in [7, 11) is 1.25. The average Bonchev–Trinajstić information content (AvgIpc) is 2.46. The molecule has 0 aliphatic carbocycles. The third kappa shape index (κ3) is 2.80. The van der Waals surface area contributed by atoms with Crippen LogP contribution in [0.4, 0.5) is 4.39 Å². The first-order valence-corrected chi connectivity index (χ1v) is 5.73. The summed E-state index contributed by atoms with van der Waals surface area (Å²) < 4.78 is 18.5. The van der Waals surface area contributed by atoms with Gasteiger partial charge < -0.3 is 9.84 Å². The Morgan fingerprint density at radius 2 is 2.05 bits per heavy atom. The highest BCUT2D eigenvalue weighted by molar-refractivity contribution is 5.90. The van der Waals surface area contributed by atoms with E-state index in [2.05, 4.69) is 4.74 Å². The smallest absolute Gasteiger partial charge is 0.337 e. The van der Waals surface area contributed by atoms with Gasteiger partial charge in [0.15, 0.2) is 0 Å². The Morgan fingerprint density at radius 3 is 2.68 bits per heavy atom. The van der Waals surface area contributed by atoms with Crippen molar-refractivity contribution in [1.82, 2.24) is 0 Å². The number of halogens is 1. The quantitative estimate of drug-likeness (QED) is 0.863. The lowest BCUT2D eigenvalue weighted by molar-refractivity contribution is 0.0600. The molecule has 0 aliphatic heterocycles. The molecule has 0 unspecified atom stereocenters. The van der Waals surface area contributed by atoms with Gasteiger partial charge in [-0.2, -0.15) is 0 Å². The first kappa shape index (κ1) is 13.2. The van der Waals surface area contributed by atoms with E-state index in [0.29, 0.717) is 16.7 Å². The van der Waals surface area contributed by atoms with Crippen LogP contribution in [0.1, 0.15) is 15.9 Å². The number of hydrogen-bond acceptors (Lipinski definition) is 3. The van der Waals surface area contributed by atoms with Crippen molar-refractivity contribution < 1.29 is 19.0 Å². The van der Waals surface area contributed by atoms with Crippen LogP contribution in [0.5, 0.6) is 0 Å². The number of carbonyl (C=O) groups excluding carboxylic acids is 1. The van der Waals surface area contributed by atoms with Gasteiger partial charge in [0.25, 0.3) is 0 Å². The van der Waals surface area contributed by atoms with Crippen molar-refractivity contribution >= 4 is 5.97 Å². The van der Waals surface area contributed by atoms with Crippen LogP contribution in [-0.4, -0.2) is 18.2 Å². The molecule has 3 nitrogen and oxygen atoms in total. The Labute approximate surface area is 110 Å². The van der Waals surface area contributed by atoms with Crippen LogP contribution in [0, 0.1) is 5.82 Å². The normalized spacial score (nSPS) is 10.3. The van der Waals surface area contributed by atoms with Gasteiger partial charge in [-0.3, -0.25) is 0 Å². The maximum absolute atomic E-state index is 14.0. The Morgan fingerprint density at radius 1 is 1.26 bits per heavy atom. The first-order valence-electron chi connectivity index (χ1n) is 5.73. The maximum atomic E-state index is 14.0. The fourth-order valence-corrected chi connectivity index (χ4v) is 1.83. The number of ether oxygens (including phenoxy) is 1. The molecule has 1 N–H and O–H groups in total. The highest BCUT2D eigenvalue weighted by Crippen LogP contribution is 2.24. The summed E-state index contributed by atoms with van der Waals surface area (Å²) in [6, 6.07) is 11.1. The van der Waals surface area contributed by atoms with Gasteiger partial charge in [0, 0.05) is 5.56 Å². The molecule has 0 fully saturated rings. The van der Waals surface area contributed by atoms with E-state index in [4.69, 9.17) is 5.11 Å². The predicted molar refractivity (Wildman–Crippen MR) is 69.1 cm³/mol. The van der Waals surface area contributed by atoms with Crippen LogP contribution in [0.3, 0.4) is 0 Å². The Balaban J connectivity index is 2.42. The van der Waals surface area contributed by atoms with E-state index in [0.717, 1.165) is 6.07 Å². The molecule has 0 radical (unpaired) electrons. The minimum atomic E-state index is -0.574. The molecule has 98 valence electrons. The third-order valence-electron chi connectivity index (χ3n) is 2.81. The summed E-state index contributed by atoms with van der Waals surface area (Å²) in [6.07, 6.45) is 0. The molecule has 0 aliphatic rings. The van der Waals surface area contributed by atoms with Gasteiger partial charge in [-0.25, -0.2) is 9.18 Å². The van der Waals surface area contributed by atoms with Crippen molar-refractivity contribution in [2.24, 2.45) is 0 Å². The average molecular weight is 260 g/mol. The van der Waals surface area contributed by atoms with Gasteiger partial charge in [0.1, 0.15) is 5.82 Å². The van der Waals surface area contributed by atoms with E-state index < -0.39 is 11.8 Å². The number of aliphatic hydroxyl groups is 1. The lowest BCUT2D eigenvalue weighted by Crippen LogP contribution is -2.02. The SMILES string of the molecule is COC(=O)c1ccc(-c2cccc(CO)c2)c(F)c1. The Hall–Kier alpha value is -2.20. The Bertz CT molecular complexity index is 608. The van der Waals surface area contributed by atoms with E-state index in [1.807, 2.05) is 0 Å². The second-order valence-corrected chi connectivity index (χ2v) is 4.04. The predicted octanol–water partition coefficient (Wildman–Crippen LogP) is 2.77. The lowest BCUT2D eigenvalue weighted by Gasteiger charge is -2.07. The number of esters is 1. The molecule has 0 amide bonds. The van der Waals surface area contributed by atoms with Crippen molar-refractivity contribution in [2.45, 2.75) is 6.61 Å². The van der Waals surface area contributed by atoms with Crippen LogP contribution in [0.25, 0.3) is 11.1 Å². The van der Waals surface area contributed by atoms with E-state index in [9.17, 15) is 9.18 Å². The minimum absolute atomic E-state index is 0.101. The molecule has 0 bridgehead atoms. The fourth-order valence-electron chi connectivity index (χ4n) is 1.83. The van der Waals surface area contributed by atoms with Crippen molar-refractivity contribution in [1.29, 1.82) is 0 Å². The summed E-state index contributed by atoms with van der Waals surface area (Å²) in [5, 5.41) is 9.07. The second kappa shape index (κ2) is 5.63. The molecule has 2 aromatic rings. The zero-order chi connectivity index (χ0) is 13.8. The molecular formula is C15H13FO3. The van der Waals surface area contributed by atoms with Crippen LogP contribution in [0.15, 0.2) is 42.5 Å². The molecule has 2 aromatic carbocycles. The molecule has 19 heavy (non-hydrogen) atoms. The van der Waals surface area contributed by atoms with E-state index in [1.165, 1.54) is 19.2 Å². The van der Waals surface area contributed by atoms with Crippen LogP contribution >= 0.6 is 0 Å². The summed E-state index contributed by atoms with van der Waals surface area (Å²) in [4.78, 5) is 11.3. The second-order valence-electron chi connectivity index (χ2n) is 4.04. The molecule has 0 atom stereocenters. The van der Waals surface area contributed by atoms with E-state index in [-0.39, 0.29) is 12.2 Å². The van der Waals surface area contributed by atoms with Gasteiger partial charge >= 0.3 is 5.97 Å². The van der Waals surface area contributed by atoms with Gasteiger partial charge in [-0.1, -0.05) is 24.3 Å². The number of rotatable bonds is 3. The molecule has 0 saturated carbocycles. The van der Waals surface area contributed by atoms with Gasteiger partial charge in [0.05, 0.1) is 19.3 Å². The first-order chi connectivity index (χ1) is 9.15. The molecule has 4 heteroatoms. The van der Waals surface area contributed by atoms with Crippen LogP contribution in [-0.2, 0) is 11.3 Å². The number of methoxy groups -OCH3 is 1. The maximum Gasteiger partial charge on any atom is 0.337 e. The number of aliphatic hydroxyl groups excluding tert-OH is 1. The summed E-state index contributed by atoms with van der Waals surface area (Å²) in [5.74, 6) is -1.08. The molecule has 0 heterocycles.